The fraction of sp³-hybridized carbons (Fsp3) is 0.222. The SMILES string of the molecule is Cc1cc([N+](=O)[O-])ccc1N1C(=O)[C@@H]2[C@H](Cc3ccc(O)cc3)N[C@]3(C(=O)Nc4ccccc43)[C@H]2C1=O. The standard InChI is InChI=1S/C27H22N4O6/c1-14-12-16(31(36)37)8-11-21(14)30-24(33)22-20(13-15-6-9-17(32)10-7-15)29-27(23(22)25(30)34)18-4-2-3-5-19(18)28-26(27)35/h2-12,20,22-23,29,32H,13H2,1H3,(H,28,35)/t20-,22+,23+,27-/m0/s1. The van der Waals surface area contributed by atoms with E-state index in [9.17, 15) is 29.6 Å². The molecule has 3 aromatic rings. The number of nitro groups is 1. The van der Waals surface area contributed by atoms with E-state index < -0.39 is 46.1 Å². The summed E-state index contributed by atoms with van der Waals surface area (Å²) in [5, 5.41) is 27.1. The first-order chi connectivity index (χ1) is 17.7. The number of amides is 3. The normalized spacial score (nSPS) is 25.9. The van der Waals surface area contributed by atoms with Crippen molar-refractivity contribution in [2.75, 3.05) is 10.2 Å². The van der Waals surface area contributed by atoms with Crippen molar-refractivity contribution in [2.45, 2.75) is 24.9 Å². The fourth-order valence-electron chi connectivity index (χ4n) is 6.06. The highest BCUT2D eigenvalue weighted by molar-refractivity contribution is 6.26. The molecule has 37 heavy (non-hydrogen) atoms. The third kappa shape index (κ3) is 3.19. The number of non-ortho nitro benzene ring substituents is 1. The van der Waals surface area contributed by atoms with Gasteiger partial charge in [0.25, 0.3) is 5.69 Å². The molecule has 2 saturated heterocycles. The van der Waals surface area contributed by atoms with Crippen LogP contribution in [0.4, 0.5) is 17.1 Å². The number of hydrogen-bond donors (Lipinski definition) is 3. The van der Waals surface area contributed by atoms with Crippen molar-refractivity contribution in [3.8, 4) is 5.75 Å². The maximum absolute atomic E-state index is 14.0. The maximum atomic E-state index is 14.0. The first-order valence-electron chi connectivity index (χ1n) is 11.8. The molecule has 3 amide bonds. The number of nitro benzene ring substituents is 1. The number of nitrogens with one attached hydrogen (secondary N) is 2. The van der Waals surface area contributed by atoms with Crippen molar-refractivity contribution in [1.29, 1.82) is 0 Å². The minimum atomic E-state index is -1.45. The highest BCUT2D eigenvalue weighted by Crippen LogP contribution is 2.54. The number of phenolic OH excluding ortho intramolecular Hbond substituents is 1. The zero-order valence-electron chi connectivity index (χ0n) is 19.7. The molecule has 10 heteroatoms. The van der Waals surface area contributed by atoms with Crippen molar-refractivity contribution < 1.29 is 24.4 Å². The Kier molecular flexibility index (Phi) is 4.93. The van der Waals surface area contributed by atoms with Gasteiger partial charge in [0.05, 0.1) is 22.4 Å². The Labute approximate surface area is 211 Å². The molecule has 3 aliphatic rings. The fourth-order valence-corrected chi connectivity index (χ4v) is 6.06. The molecule has 3 heterocycles. The first-order valence-corrected chi connectivity index (χ1v) is 11.8. The molecule has 6 rings (SSSR count). The third-order valence-electron chi connectivity index (χ3n) is 7.65. The molecular weight excluding hydrogens is 476 g/mol. The van der Waals surface area contributed by atoms with E-state index in [-0.39, 0.29) is 17.1 Å². The van der Waals surface area contributed by atoms with E-state index in [4.69, 9.17) is 0 Å². The first kappa shape index (κ1) is 22.9. The van der Waals surface area contributed by atoms with Crippen LogP contribution >= 0.6 is 0 Å². The Hall–Kier alpha value is -4.57. The van der Waals surface area contributed by atoms with Crippen LogP contribution in [0.25, 0.3) is 0 Å². The quantitative estimate of drug-likeness (QED) is 0.285. The average molecular weight is 498 g/mol. The maximum Gasteiger partial charge on any atom is 0.269 e. The van der Waals surface area contributed by atoms with Crippen LogP contribution in [0, 0.1) is 28.9 Å². The molecule has 10 nitrogen and oxygen atoms in total. The van der Waals surface area contributed by atoms with Crippen molar-refractivity contribution in [1.82, 2.24) is 5.32 Å². The van der Waals surface area contributed by atoms with Crippen LogP contribution in [0.5, 0.6) is 5.75 Å². The van der Waals surface area contributed by atoms with Gasteiger partial charge in [-0.1, -0.05) is 30.3 Å². The summed E-state index contributed by atoms with van der Waals surface area (Å²) in [7, 11) is 0. The highest BCUT2D eigenvalue weighted by atomic mass is 16.6. The third-order valence-corrected chi connectivity index (χ3v) is 7.65. The number of fused-ring (bicyclic) bond motifs is 4. The van der Waals surface area contributed by atoms with Crippen LogP contribution in [0.1, 0.15) is 16.7 Å². The summed E-state index contributed by atoms with van der Waals surface area (Å²) < 4.78 is 0. The lowest BCUT2D eigenvalue weighted by atomic mass is 9.76. The molecular formula is C27H22N4O6. The van der Waals surface area contributed by atoms with E-state index in [2.05, 4.69) is 10.6 Å². The minimum Gasteiger partial charge on any atom is -0.508 e. The second-order valence-electron chi connectivity index (χ2n) is 9.67. The number of anilines is 2. The Morgan fingerprint density at radius 3 is 2.46 bits per heavy atom. The van der Waals surface area contributed by atoms with E-state index in [1.807, 2.05) is 0 Å². The number of imide groups is 1. The van der Waals surface area contributed by atoms with Gasteiger partial charge < -0.3 is 10.4 Å². The van der Waals surface area contributed by atoms with Crippen LogP contribution < -0.4 is 15.5 Å². The van der Waals surface area contributed by atoms with Gasteiger partial charge in [-0.05, 0) is 48.7 Å². The molecule has 2 fully saturated rings. The van der Waals surface area contributed by atoms with E-state index in [0.717, 1.165) is 10.5 Å². The predicted octanol–water partition coefficient (Wildman–Crippen LogP) is 2.78. The Morgan fingerprint density at radius 1 is 1.03 bits per heavy atom. The Bertz CT molecular complexity index is 1500. The van der Waals surface area contributed by atoms with Crippen LogP contribution in [0.3, 0.4) is 0 Å². The summed E-state index contributed by atoms with van der Waals surface area (Å²) in [5.74, 6) is -3.15. The summed E-state index contributed by atoms with van der Waals surface area (Å²) in [4.78, 5) is 53.3. The molecule has 0 aromatic heterocycles. The second-order valence-corrected chi connectivity index (χ2v) is 9.67. The molecule has 0 bridgehead atoms. The number of carbonyl (C=O) groups is 3. The molecule has 3 aliphatic heterocycles. The number of rotatable bonds is 4. The van der Waals surface area contributed by atoms with Crippen molar-refractivity contribution >= 4 is 34.8 Å². The van der Waals surface area contributed by atoms with Gasteiger partial charge in [-0.2, -0.15) is 0 Å². The van der Waals surface area contributed by atoms with E-state index >= 15 is 0 Å². The van der Waals surface area contributed by atoms with Crippen molar-refractivity contribution in [3.05, 3.63) is 93.5 Å². The summed E-state index contributed by atoms with van der Waals surface area (Å²) >= 11 is 0. The van der Waals surface area contributed by atoms with E-state index in [0.29, 0.717) is 23.2 Å². The largest absolute Gasteiger partial charge is 0.508 e. The molecule has 0 radical (unpaired) electrons. The lowest BCUT2D eigenvalue weighted by Crippen LogP contribution is -2.53. The number of nitrogens with zero attached hydrogens (tertiary/aromatic N) is 2. The zero-order valence-corrected chi connectivity index (χ0v) is 19.7. The lowest BCUT2D eigenvalue weighted by Gasteiger charge is -2.30. The zero-order chi connectivity index (χ0) is 26.1. The number of phenols is 1. The molecule has 0 saturated carbocycles. The number of aromatic hydroxyl groups is 1. The van der Waals surface area contributed by atoms with Gasteiger partial charge in [0.2, 0.25) is 17.7 Å². The number of benzene rings is 3. The van der Waals surface area contributed by atoms with Gasteiger partial charge in [-0.3, -0.25) is 29.8 Å². The highest BCUT2D eigenvalue weighted by Gasteiger charge is 2.70. The van der Waals surface area contributed by atoms with Gasteiger partial charge >= 0.3 is 0 Å². The van der Waals surface area contributed by atoms with Gasteiger partial charge in [0, 0.05) is 29.4 Å². The molecule has 1 spiro atoms. The summed E-state index contributed by atoms with van der Waals surface area (Å²) in [6.45, 7) is 1.61. The second kappa shape index (κ2) is 7.97. The molecule has 3 aromatic carbocycles. The van der Waals surface area contributed by atoms with Gasteiger partial charge in [-0.25, -0.2) is 4.90 Å². The van der Waals surface area contributed by atoms with Gasteiger partial charge in [0.1, 0.15) is 11.3 Å². The Morgan fingerprint density at radius 2 is 1.76 bits per heavy atom. The number of hydrogen-bond acceptors (Lipinski definition) is 7. The monoisotopic (exact) mass is 498 g/mol. The van der Waals surface area contributed by atoms with E-state index in [1.54, 1.807) is 55.5 Å². The number of para-hydroxylation sites is 1. The lowest BCUT2D eigenvalue weighted by molar-refractivity contribution is -0.384. The van der Waals surface area contributed by atoms with Crippen LogP contribution in [-0.2, 0) is 26.3 Å². The van der Waals surface area contributed by atoms with Crippen LogP contribution in [0.15, 0.2) is 66.7 Å². The average Bonchev–Trinajstić information content (AvgIpc) is 3.45. The predicted molar refractivity (Wildman–Crippen MR) is 133 cm³/mol. The summed E-state index contributed by atoms with van der Waals surface area (Å²) in [6.07, 6.45) is 0.338. The molecule has 4 atom stereocenters. The van der Waals surface area contributed by atoms with E-state index in [1.165, 1.54) is 18.2 Å². The van der Waals surface area contributed by atoms with Gasteiger partial charge in [0.15, 0.2) is 0 Å². The summed E-state index contributed by atoms with van der Waals surface area (Å²) in [5.41, 5.74) is 1.08. The number of aryl methyl sites for hydroxylation is 1. The smallest absolute Gasteiger partial charge is 0.269 e. The molecule has 0 aliphatic carbocycles. The molecule has 0 unspecified atom stereocenters. The molecule has 186 valence electrons. The number of carbonyl (C=O) groups excluding carboxylic acids is 3. The van der Waals surface area contributed by atoms with Crippen molar-refractivity contribution in [3.63, 3.8) is 0 Å². The molecule has 3 N–H and O–H groups in total. The van der Waals surface area contributed by atoms with Crippen LogP contribution in [-0.4, -0.2) is 33.8 Å². The van der Waals surface area contributed by atoms with Gasteiger partial charge in [-0.15, -0.1) is 0 Å². The Balaban J connectivity index is 1.48. The van der Waals surface area contributed by atoms with Crippen LogP contribution in [0.2, 0.25) is 0 Å². The minimum absolute atomic E-state index is 0.105. The van der Waals surface area contributed by atoms with Crippen molar-refractivity contribution in [2.24, 2.45) is 11.8 Å². The topological polar surface area (TPSA) is 142 Å². The summed E-state index contributed by atoms with van der Waals surface area (Å²) in [6, 6.07) is 17.1.